The summed E-state index contributed by atoms with van der Waals surface area (Å²) in [5, 5.41) is 0. The minimum Gasteiger partial charge on any atom is -0.454 e. The zero-order valence-corrected chi connectivity index (χ0v) is 16.5. The maximum absolute atomic E-state index is 12.7. The molecule has 1 fully saturated rings. The van der Waals surface area contributed by atoms with Crippen molar-refractivity contribution in [3.8, 4) is 11.5 Å². The number of carbonyl (C=O) groups is 3. The van der Waals surface area contributed by atoms with Crippen molar-refractivity contribution >= 4 is 29.8 Å². The molecule has 0 N–H and O–H groups in total. The normalized spacial score (nSPS) is 17.1. The van der Waals surface area contributed by atoms with E-state index >= 15 is 0 Å². The highest BCUT2D eigenvalue weighted by atomic mass is 32.2. The van der Waals surface area contributed by atoms with Crippen LogP contribution in [0.25, 0.3) is 0 Å². The summed E-state index contributed by atoms with van der Waals surface area (Å²) in [6.45, 7) is 3.07. The van der Waals surface area contributed by atoms with Crippen molar-refractivity contribution in [3.63, 3.8) is 0 Å². The van der Waals surface area contributed by atoms with Gasteiger partial charge in [0.2, 0.25) is 13.1 Å². The SMILES string of the molecule is CC(OC(=O)OC1CSC1)OC(=O)N(C)C(C)C(=O)c1ccc2c(c1)OCO2. The van der Waals surface area contributed by atoms with Crippen molar-refractivity contribution in [1.82, 2.24) is 4.90 Å². The van der Waals surface area contributed by atoms with Crippen molar-refractivity contribution in [2.45, 2.75) is 32.3 Å². The molecule has 1 aromatic rings. The van der Waals surface area contributed by atoms with E-state index in [-0.39, 0.29) is 18.7 Å². The molecule has 2 heterocycles. The van der Waals surface area contributed by atoms with Crippen LogP contribution < -0.4 is 9.47 Å². The molecule has 1 amide bonds. The first-order valence-electron chi connectivity index (χ1n) is 8.67. The van der Waals surface area contributed by atoms with Crippen molar-refractivity contribution in [2.75, 3.05) is 25.3 Å². The topological polar surface area (TPSA) is 101 Å². The van der Waals surface area contributed by atoms with Gasteiger partial charge in [-0.15, -0.1) is 0 Å². The smallest absolute Gasteiger partial charge is 0.454 e. The van der Waals surface area contributed by atoms with Crippen LogP contribution in [0, 0.1) is 0 Å². The van der Waals surface area contributed by atoms with Crippen LogP contribution in [-0.2, 0) is 14.2 Å². The van der Waals surface area contributed by atoms with Crippen molar-refractivity contribution in [3.05, 3.63) is 23.8 Å². The number of benzene rings is 1. The van der Waals surface area contributed by atoms with Gasteiger partial charge in [-0.3, -0.25) is 4.79 Å². The summed E-state index contributed by atoms with van der Waals surface area (Å²) in [6, 6.07) is 4.01. The van der Waals surface area contributed by atoms with Gasteiger partial charge in [-0.05, 0) is 25.1 Å². The lowest BCUT2D eigenvalue weighted by Gasteiger charge is -2.26. The van der Waals surface area contributed by atoms with Crippen LogP contribution in [0.2, 0.25) is 0 Å². The number of ether oxygens (including phenoxy) is 5. The molecule has 2 aliphatic rings. The Balaban J connectivity index is 1.51. The number of hydrogen-bond donors (Lipinski definition) is 0. The summed E-state index contributed by atoms with van der Waals surface area (Å²) in [7, 11) is 1.43. The van der Waals surface area contributed by atoms with Gasteiger partial charge in [0.05, 0.1) is 6.04 Å². The average molecular weight is 411 g/mol. The quantitative estimate of drug-likeness (QED) is 0.397. The van der Waals surface area contributed by atoms with E-state index in [9.17, 15) is 14.4 Å². The number of ketones is 1. The van der Waals surface area contributed by atoms with Gasteiger partial charge in [0.1, 0.15) is 6.10 Å². The van der Waals surface area contributed by atoms with E-state index in [1.807, 2.05) is 0 Å². The monoisotopic (exact) mass is 411 g/mol. The lowest BCUT2D eigenvalue weighted by Crippen LogP contribution is -2.42. The maximum atomic E-state index is 12.7. The lowest BCUT2D eigenvalue weighted by molar-refractivity contribution is -0.0874. The Kier molecular flexibility index (Phi) is 6.18. The summed E-state index contributed by atoms with van der Waals surface area (Å²) < 4.78 is 25.5. The van der Waals surface area contributed by atoms with Crippen LogP contribution in [0.4, 0.5) is 9.59 Å². The third kappa shape index (κ3) is 4.61. The molecule has 0 spiro atoms. The highest BCUT2D eigenvalue weighted by Gasteiger charge is 2.29. The van der Waals surface area contributed by atoms with Gasteiger partial charge in [-0.1, -0.05) is 0 Å². The van der Waals surface area contributed by atoms with Crippen molar-refractivity contribution < 1.29 is 38.1 Å². The van der Waals surface area contributed by atoms with Gasteiger partial charge in [-0.2, -0.15) is 11.8 Å². The number of hydrogen-bond acceptors (Lipinski definition) is 9. The van der Waals surface area contributed by atoms with Gasteiger partial charge in [0, 0.05) is 31.0 Å². The number of Topliss-reactive ketones (excluding diaryl/α,β-unsaturated/α-hetero) is 1. The molecule has 0 aromatic heterocycles. The molecule has 9 nitrogen and oxygen atoms in total. The van der Waals surface area contributed by atoms with Crippen molar-refractivity contribution in [2.24, 2.45) is 0 Å². The molecule has 2 aliphatic heterocycles. The second kappa shape index (κ2) is 8.59. The molecule has 1 aromatic carbocycles. The summed E-state index contributed by atoms with van der Waals surface area (Å²) in [5.74, 6) is 2.20. The molecule has 10 heteroatoms. The molecule has 2 unspecified atom stereocenters. The number of fused-ring (bicyclic) bond motifs is 1. The number of amides is 1. The molecule has 1 saturated heterocycles. The van der Waals surface area contributed by atoms with E-state index in [0.29, 0.717) is 17.1 Å². The molecular weight excluding hydrogens is 390 g/mol. The van der Waals surface area contributed by atoms with Gasteiger partial charge in [-0.25, -0.2) is 9.59 Å². The summed E-state index contributed by atoms with van der Waals surface area (Å²) in [5.41, 5.74) is 0.377. The van der Waals surface area contributed by atoms with E-state index in [2.05, 4.69) is 0 Å². The molecule has 2 atom stereocenters. The second-order valence-corrected chi connectivity index (χ2v) is 7.39. The minimum absolute atomic E-state index is 0.106. The Morgan fingerprint density at radius 3 is 2.54 bits per heavy atom. The number of thioether (sulfide) groups is 1. The van der Waals surface area contributed by atoms with E-state index in [4.69, 9.17) is 23.7 Å². The van der Waals surface area contributed by atoms with Crippen LogP contribution in [0.5, 0.6) is 11.5 Å². The molecule has 28 heavy (non-hydrogen) atoms. The first-order chi connectivity index (χ1) is 13.3. The minimum atomic E-state index is -1.15. The Labute approximate surface area is 166 Å². The van der Waals surface area contributed by atoms with Crippen LogP contribution >= 0.6 is 11.8 Å². The van der Waals surface area contributed by atoms with Crippen molar-refractivity contribution in [1.29, 1.82) is 0 Å². The third-order valence-electron chi connectivity index (χ3n) is 4.30. The Bertz CT molecular complexity index is 766. The molecule has 0 bridgehead atoms. The van der Waals surface area contributed by atoms with Crippen LogP contribution in [0.1, 0.15) is 24.2 Å². The van der Waals surface area contributed by atoms with E-state index < -0.39 is 24.6 Å². The zero-order valence-electron chi connectivity index (χ0n) is 15.7. The van der Waals surface area contributed by atoms with Gasteiger partial charge in [0.25, 0.3) is 0 Å². The molecule has 0 aliphatic carbocycles. The average Bonchev–Trinajstić information content (AvgIpc) is 3.10. The fourth-order valence-corrected chi connectivity index (χ4v) is 3.02. The Morgan fingerprint density at radius 1 is 1.14 bits per heavy atom. The summed E-state index contributed by atoms with van der Waals surface area (Å²) >= 11 is 1.66. The number of likely N-dealkylation sites (N-methyl/N-ethyl adjacent to an activating group) is 1. The number of nitrogens with zero attached hydrogens (tertiary/aromatic N) is 1. The largest absolute Gasteiger partial charge is 0.511 e. The fraction of sp³-hybridized carbons (Fsp3) is 0.500. The van der Waals surface area contributed by atoms with E-state index in [1.54, 1.807) is 36.9 Å². The van der Waals surface area contributed by atoms with E-state index in [0.717, 1.165) is 16.4 Å². The summed E-state index contributed by atoms with van der Waals surface area (Å²) in [4.78, 5) is 37.6. The number of rotatable bonds is 6. The predicted molar refractivity (Wildman–Crippen MR) is 98.7 cm³/mol. The highest BCUT2D eigenvalue weighted by molar-refractivity contribution is 8.00. The highest BCUT2D eigenvalue weighted by Crippen LogP contribution is 2.33. The van der Waals surface area contributed by atoms with Crippen LogP contribution in [0.3, 0.4) is 0 Å². The standard InChI is InChI=1S/C18H21NO8S/c1-10(16(20)12-4-5-14-15(6-12)24-9-23-14)19(3)17(21)25-11(2)26-18(22)27-13-7-28-8-13/h4-6,10-11,13H,7-9H2,1-3H3. The molecule has 0 saturated carbocycles. The van der Waals surface area contributed by atoms with Gasteiger partial charge in [0.15, 0.2) is 17.3 Å². The van der Waals surface area contributed by atoms with E-state index in [1.165, 1.54) is 14.0 Å². The predicted octanol–water partition coefficient (Wildman–Crippen LogP) is 2.67. The zero-order chi connectivity index (χ0) is 20.3. The third-order valence-corrected chi connectivity index (χ3v) is 5.52. The maximum Gasteiger partial charge on any atom is 0.511 e. The molecular formula is C18H21NO8S. The first kappa shape index (κ1) is 20.1. The molecule has 3 rings (SSSR count). The number of carbonyl (C=O) groups excluding carboxylic acids is 3. The van der Waals surface area contributed by atoms with Crippen LogP contribution in [0.15, 0.2) is 18.2 Å². The Morgan fingerprint density at radius 2 is 1.86 bits per heavy atom. The van der Waals surface area contributed by atoms with Crippen LogP contribution in [-0.4, -0.2) is 66.7 Å². The molecule has 152 valence electrons. The Hall–Kier alpha value is -2.62. The van der Waals surface area contributed by atoms with Gasteiger partial charge >= 0.3 is 12.2 Å². The first-order valence-corrected chi connectivity index (χ1v) is 9.83. The molecule has 0 radical (unpaired) electrons. The second-order valence-electron chi connectivity index (χ2n) is 6.32. The fourth-order valence-electron chi connectivity index (χ4n) is 2.46. The lowest BCUT2D eigenvalue weighted by atomic mass is 10.0. The van der Waals surface area contributed by atoms with Gasteiger partial charge < -0.3 is 28.6 Å². The summed E-state index contributed by atoms with van der Waals surface area (Å²) in [6.07, 6.45) is -3.01.